The van der Waals surface area contributed by atoms with Gasteiger partial charge in [-0.25, -0.2) is 14.2 Å². The van der Waals surface area contributed by atoms with E-state index in [2.05, 4.69) is 31.2 Å². The van der Waals surface area contributed by atoms with Crippen LogP contribution in [0.2, 0.25) is 0 Å². The third-order valence-corrected chi connectivity index (χ3v) is 8.99. The summed E-state index contributed by atoms with van der Waals surface area (Å²) < 4.78 is 70.7. The number of fused-ring (bicyclic) bond motifs is 2. The fourth-order valence-corrected chi connectivity index (χ4v) is 5.75. The summed E-state index contributed by atoms with van der Waals surface area (Å²) in [7, 11) is 1.45. The Labute approximate surface area is 295 Å². The second kappa shape index (κ2) is 14.3. The molecular formula is C36H36F4N6O6. The first kappa shape index (κ1) is 36.3. The molecule has 0 spiro atoms. The van der Waals surface area contributed by atoms with Gasteiger partial charge in [0.15, 0.2) is 0 Å². The number of pyridine rings is 2. The minimum Gasteiger partial charge on any atom is -0.489 e. The van der Waals surface area contributed by atoms with Gasteiger partial charge in [0.25, 0.3) is 5.91 Å². The Morgan fingerprint density at radius 2 is 1.77 bits per heavy atom. The zero-order chi connectivity index (χ0) is 37.3. The summed E-state index contributed by atoms with van der Waals surface area (Å²) in [5, 5.41) is 22.0. The molecule has 6 rings (SSSR count). The third-order valence-electron chi connectivity index (χ3n) is 8.99. The number of rotatable bonds is 12. The van der Waals surface area contributed by atoms with Gasteiger partial charge in [0.05, 0.1) is 18.3 Å². The molecule has 2 aliphatic rings. The van der Waals surface area contributed by atoms with Crippen molar-refractivity contribution in [3.63, 3.8) is 0 Å². The molecule has 1 aliphatic heterocycles. The lowest BCUT2D eigenvalue weighted by atomic mass is 9.81. The number of aromatic nitrogens is 2. The van der Waals surface area contributed by atoms with E-state index in [1.54, 1.807) is 18.3 Å². The highest BCUT2D eigenvalue weighted by atomic mass is 19.4. The lowest BCUT2D eigenvalue weighted by molar-refractivity contribution is -0.265. The first-order chi connectivity index (χ1) is 24.7. The average Bonchev–Trinajstić information content (AvgIpc) is 3.88. The maximum Gasteiger partial charge on any atom is 0.424 e. The smallest absolute Gasteiger partial charge is 0.424 e. The van der Waals surface area contributed by atoms with E-state index in [0.29, 0.717) is 23.1 Å². The average molecular weight is 725 g/mol. The van der Waals surface area contributed by atoms with Gasteiger partial charge in [-0.1, -0.05) is 6.07 Å². The number of nitrogens with zero attached hydrogens (tertiary/aromatic N) is 2. The van der Waals surface area contributed by atoms with Crippen molar-refractivity contribution in [1.29, 1.82) is 0 Å². The van der Waals surface area contributed by atoms with Gasteiger partial charge in [-0.05, 0) is 74.7 Å². The summed E-state index contributed by atoms with van der Waals surface area (Å²) in [4.78, 5) is 46.9. The van der Waals surface area contributed by atoms with Gasteiger partial charge in [0.1, 0.15) is 40.5 Å². The molecule has 1 fully saturated rings. The first-order valence-electron chi connectivity index (χ1n) is 16.5. The molecule has 0 saturated heterocycles. The summed E-state index contributed by atoms with van der Waals surface area (Å²) in [5.74, 6) is -1.84. The van der Waals surface area contributed by atoms with Crippen molar-refractivity contribution in [2.24, 2.45) is 0 Å². The number of aliphatic hydroxyl groups is 1. The van der Waals surface area contributed by atoms with Gasteiger partial charge in [-0.3, -0.25) is 14.6 Å². The van der Waals surface area contributed by atoms with Gasteiger partial charge in [-0.15, -0.1) is 0 Å². The van der Waals surface area contributed by atoms with Crippen LogP contribution in [0.3, 0.4) is 0 Å². The van der Waals surface area contributed by atoms with Crippen LogP contribution in [0.15, 0.2) is 60.8 Å². The van der Waals surface area contributed by atoms with Crippen LogP contribution in [0, 0.1) is 5.82 Å². The van der Waals surface area contributed by atoms with E-state index in [1.807, 2.05) is 0 Å². The number of hydrogen-bond acceptors (Lipinski definition) is 8. The van der Waals surface area contributed by atoms with Crippen LogP contribution in [0.4, 0.5) is 22.4 Å². The molecule has 0 bridgehead atoms. The molecule has 1 saturated carbocycles. The molecule has 12 nitrogen and oxygen atoms in total. The Balaban J connectivity index is 1.33. The van der Waals surface area contributed by atoms with Crippen molar-refractivity contribution in [2.75, 3.05) is 33.3 Å². The number of carbonyl (C=O) groups is 3. The normalized spacial score (nSPS) is 17.8. The number of carbonyl (C=O) groups excluding carboxylic acids is 3. The van der Waals surface area contributed by atoms with E-state index in [4.69, 9.17) is 9.47 Å². The summed E-state index contributed by atoms with van der Waals surface area (Å²) in [6.45, 7) is 0.192. The van der Waals surface area contributed by atoms with Crippen LogP contribution >= 0.6 is 0 Å². The van der Waals surface area contributed by atoms with E-state index in [-0.39, 0.29) is 53.9 Å². The number of ether oxygens (including phenoxy) is 2. The number of hydrogen-bond donors (Lipinski definition) is 5. The van der Waals surface area contributed by atoms with E-state index >= 15 is 13.2 Å². The number of alkyl halides is 3. The lowest BCUT2D eigenvalue weighted by Gasteiger charge is -2.31. The number of halogens is 4. The summed E-state index contributed by atoms with van der Waals surface area (Å²) in [6.07, 6.45) is -1.89. The Kier molecular flexibility index (Phi) is 9.94. The zero-order valence-electron chi connectivity index (χ0n) is 28.2. The molecule has 0 radical (unpaired) electrons. The molecule has 2 aromatic carbocycles. The van der Waals surface area contributed by atoms with Gasteiger partial charge < -0.3 is 35.8 Å². The summed E-state index contributed by atoms with van der Waals surface area (Å²) in [6, 6.07) is 11.5. The molecule has 1 unspecified atom stereocenters. The molecule has 1 aliphatic carbocycles. The van der Waals surface area contributed by atoms with Crippen molar-refractivity contribution in [1.82, 2.24) is 31.2 Å². The van der Waals surface area contributed by atoms with Crippen LogP contribution < -0.4 is 30.7 Å². The molecule has 4 aromatic rings. The lowest BCUT2D eigenvalue weighted by Crippen LogP contribution is -2.52. The van der Waals surface area contributed by atoms with Gasteiger partial charge in [0.2, 0.25) is 11.5 Å². The van der Waals surface area contributed by atoms with Crippen molar-refractivity contribution >= 4 is 28.7 Å². The fraction of sp³-hybridized carbons (Fsp3) is 0.361. The maximum atomic E-state index is 15.0. The second-order valence-corrected chi connectivity index (χ2v) is 12.9. The topological polar surface area (TPSA) is 164 Å². The van der Waals surface area contributed by atoms with Crippen LogP contribution in [0.25, 0.3) is 22.2 Å². The molecule has 4 amide bonds. The highest BCUT2D eigenvalue weighted by molar-refractivity contribution is 6.00. The Morgan fingerprint density at radius 3 is 2.46 bits per heavy atom. The van der Waals surface area contributed by atoms with Crippen LogP contribution in [0.1, 0.15) is 47.8 Å². The number of nitrogens with one attached hydrogen (secondary N) is 4. The standard InChI is InChI=1S/C36H36F4N6O6/c1-34(32(48)43-13-4-14-44-33(49)41-2)19-51-30-25(34)17-27(46-29(30)20-6-8-23(37)9-7-20)35(50,36(38,39)40)18-45-31(47)22-15-21-5-3-12-42-28(21)26(16-22)52-24-10-11-24/h3,5-9,12,15-17,24,50H,4,10-11,13-14,18-19H2,1-2H3,(H,43,48)(H,45,47)(H2,41,44,49)/t34-,35?/m0/s1. The van der Waals surface area contributed by atoms with Crippen LogP contribution in [0.5, 0.6) is 11.5 Å². The first-order valence-corrected chi connectivity index (χ1v) is 16.5. The van der Waals surface area contributed by atoms with Crippen LogP contribution in [-0.4, -0.2) is 78.5 Å². The maximum absolute atomic E-state index is 15.0. The SMILES string of the molecule is CNC(=O)NCCCNC(=O)[C@@]1(C)COc2c1cc(C(O)(CNC(=O)c1cc(OC3CC3)c3ncccc3c1)C(F)(F)F)nc2-c1ccc(F)cc1. The van der Waals surface area contributed by atoms with Crippen molar-refractivity contribution in [3.05, 3.63) is 83.4 Å². The van der Waals surface area contributed by atoms with Gasteiger partial charge in [0, 0.05) is 48.4 Å². The van der Waals surface area contributed by atoms with E-state index in [9.17, 15) is 23.9 Å². The monoisotopic (exact) mass is 724 g/mol. The van der Waals surface area contributed by atoms with Crippen molar-refractivity contribution < 1.29 is 46.5 Å². The molecular weight excluding hydrogens is 688 g/mol. The Hall–Kier alpha value is -5.51. The largest absolute Gasteiger partial charge is 0.489 e. The highest BCUT2D eigenvalue weighted by Crippen LogP contribution is 2.48. The minimum absolute atomic E-state index is 0.00397. The van der Waals surface area contributed by atoms with Gasteiger partial charge in [-0.2, -0.15) is 13.2 Å². The second-order valence-electron chi connectivity index (χ2n) is 12.9. The zero-order valence-corrected chi connectivity index (χ0v) is 28.2. The predicted octanol–water partition coefficient (Wildman–Crippen LogP) is 4.24. The molecule has 2 aromatic heterocycles. The number of urea groups is 1. The fourth-order valence-electron chi connectivity index (χ4n) is 5.75. The highest BCUT2D eigenvalue weighted by Gasteiger charge is 2.58. The third kappa shape index (κ3) is 7.28. The van der Waals surface area contributed by atoms with E-state index < -0.39 is 53.1 Å². The predicted molar refractivity (Wildman–Crippen MR) is 180 cm³/mol. The molecule has 2 atom stereocenters. The number of amides is 4. The van der Waals surface area contributed by atoms with E-state index in [0.717, 1.165) is 31.0 Å². The summed E-state index contributed by atoms with van der Waals surface area (Å²) in [5.41, 5.74) is -5.77. The van der Waals surface area contributed by atoms with Gasteiger partial charge >= 0.3 is 12.2 Å². The van der Waals surface area contributed by atoms with E-state index in [1.165, 1.54) is 38.2 Å². The van der Waals surface area contributed by atoms with Crippen molar-refractivity contribution in [3.8, 4) is 22.8 Å². The van der Waals surface area contributed by atoms with Crippen molar-refractivity contribution in [2.45, 2.75) is 49.5 Å². The molecule has 16 heteroatoms. The Morgan fingerprint density at radius 1 is 1.04 bits per heavy atom. The summed E-state index contributed by atoms with van der Waals surface area (Å²) >= 11 is 0. The molecule has 3 heterocycles. The quantitative estimate of drug-likeness (QED) is 0.107. The van der Waals surface area contributed by atoms with Crippen LogP contribution in [-0.2, 0) is 15.8 Å². The molecule has 274 valence electrons. The minimum atomic E-state index is -5.38. The number of benzene rings is 2. The molecule has 52 heavy (non-hydrogen) atoms. The Bertz CT molecular complexity index is 2010. The molecule has 5 N–H and O–H groups in total.